The number of pyridine rings is 1. The van der Waals surface area contributed by atoms with Crippen LogP contribution >= 0.6 is 34.8 Å². The van der Waals surface area contributed by atoms with Gasteiger partial charge in [0.15, 0.2) is 0 Å². The molecule has 2 heterocycles. The molecule has 2 aromatic heterocycles. The van der Waals surface area contributed by atoms with Crippen LogP contribution in [0.2, 0.25) is 15.2 Å². The van der Waals surface area contributed by atoms with Crippen LogP contribution in [0.3, 0.4) is 0 Å². The Labute approximate surface area is 159 Å². The first-order chi connectivity index (χ1) is 12.1. The molecule has 0 aliphatic heterocycles. The van der Waals surface area contributed by atoms with Gasteiger partial charge in [0.25, 0.3) is 0 Å². The molecule has 4 rings (SSSR count). The van der Waals surface area contributed by atoms with Gasteiger partial charge in [-0.05, 0) is 42.0 Å². The highest BCUT2D eigenvalue weighted by Gasteiger charge is 2.16. The zero-order valence-electron chi connectivity index (χ0n) is 13.0. The third-order valence-corrected chi connectivity index (χ3v) is 5.02. The third kappa shape index (κ3) is 3.11. The predicted octanol–water partition coefficient (Wildman–Crippen LogP) is 6.11. The summed E-state index contributed by atoms with van der Waals surface area (Å²) in [7, 11) is 0. The number of halogens is 3. The first-order valence-corrected chi connectivity index (χ1v) is 8.77. The van der Waals surface area contributed by atoms with Gasteiger partial charge >= 0.3 is 0 Å². The first kappa shape index (κ1) is 16.4. The molecule has 0 amide bonds. The van der Waals surface area contributed by atoms with Crippen LogP contribution in [0.1, 0.15) is 5.56 Å². The topological polar surface area (TPSA) is 30.7 Å². The van der Waals surface area contributed by atoms with E-state index in [-0.39, 0.29) is 0 Å². The van der Waals surface area contributed by atoms with Crippen LogP contribution < -0.4 is 0 Å². The Kier molecular flexibility index (Phi) is 4.38. The van der Waals surface area contributed by atoms with Crippen LogP contribution in [-0.4, -0.2) is 14.5 Å². The standard InChI is InChI=1S/C19H12Cl3N3/c20-14-8-7-12(10-15(14)21)11-25-17-6-2-1-5-16(17)24-19(25)13-4-3-9-23-18(13)22/h1-10H,11H2. The summed E-state index contributed by atoms with van der Waals surface area (Å²) in [6.07, 6.45) is 1.66. The molecule has 4 aromatic rings. The van der Waals surface area contributed by atoms with E-state index in [2.05, 4.69) is 9.55 Å². The molecule has 0 aliphatic carbocycles. The molecule has 124 valence electrons. The summed E-state index contributed by atoms with van der Waals surface area (Å²) in [4.78, 5) is 8.93. The fourth-order valence-electron chi connectivity index (χ4n) is 2.81. The zero-order valence-corrected chi connectivity index (χ0v) is 15.2. The van der Waals surface area contributed by atoms with Gasteiger partial charge in [0.2, 0.25) is 0 Å². The first-order valence-electron chi connectivity index (χ1n) is 7.63. The van der Waals surface area contributed by atoms with Gasteiger partial charge in [0, 0.05) is 12.7 Å². The van der Waals surface area contributed by atoms with E-state index in [0.29, 0.717) is 21.7 Å². The van der Waals surface area contributed by atoms with Crippen LogP contribution in [0.5, 0.6) is 0 Å². The largest absolute Gasteiger partial charge is 0.319 e. The minimum Gasteiger partial charge on any atom is -0.319 e. The van der Waals surface area contributed by atoms with Crippen molar-refractivity contribution >= 4 is 45.8 Å². The summed E-state index contributed by atoms with van der Waals surface area (Å²) in [6, 6.07) is 17.4. The number of fused-ring (bicyclic) bond motifs is 1. The average Bonchev–Trinajstić information content (AvgIpc) is 2.97. The van der Waals surface area contributed by atoms with Gasteiger partial charge in [-0.2, -0.15) is 0 Å². The smallest absolute Gasteiger partial charge is 0.144 e. The van der Waals surface area contributed by atoms with Crippen molar-refractivity contribution in [3.8, 4) is 11.4 Å². The number of benzene rings is 2. The lowest BCUT2D eigenvalue weighted by molar-refractivity contribution is 0.834. The van der Waals surface area contributed by atoms with E-state index in [0.717, 1.165) is 28.0 Å². The average molecular weight is 389 g/mol. The predicted molar refractivity (Wildman–Crippen MR) is 104 cm³/mol. The molecule has 0 aliphatic rings. The highest BCUT2D eigenvalue weighted by Crippen LogP contribution is 2.30. The van der Waals surface area contributed by atoms with Crippen molar-refractivity contribution in [1.82, 2.24) is 14.5 Å². The van der Waals surface area contributed by atoms with E-state index in [1.54, 1.807) is 12.3 Å². The van der Waals surface area contributed by atoms with E-state index in [1.165, 1.54) is 0 Å². The lowest BCUT2D eigenvalue weighted by Gasteiger charge is -2.11. The maximum Gasteiger partial charge on any atom is 0.144 e. The van der Waals surface area contributed by atoms with Gasteiger partial charge in [-0.15, -0.1) is 0 Å². The third-order valence-electron chi connectivity index (χ3n) is 3.98. The fraction of sp³-hybridized carbons (Fsp3) is 0.0526. The van der Waals surface area contributed by atoms with Gasteiger partial charge in [0.05, 0.1) is 26.6 Å². The summed E-state index contributed by atoms with van der Waals surface area (Å²) in [5.41, 5.74) is 3.74. The van der Waals surface area contributed by atoms with Crippen molar-refractivity contribution in [3.63, 3.8) is 0 Å². The maximum absolute atomic E-state index is 6.30. The van der Waals surface area contributed by atoms with Gasteiger partial charge in [0.1, 0.15) is 11.0 Å². The minimum atomic E-state index is 0.424. The Morgan fingerprint density at radius 3 is 2.52 bits per heavy atom. The van der Waals surface area contributed by atoms with Crippen LogP contribution in [-0.2, 0) is 6.54 Å². The molecule has 3 nitrogen and oxygen atoms in total. The Bertz CT molecular complexity index is 1070. The van der Waals surface area contributed by atoms with Crippen molar-refractivity contribution in [2.24, 2.45) is 0 Å². The van der Waals surface area contributed by atoms with Crippen LogP contribution in [0, 0.1) is 0 Å². The molecule has 0 fully saturated rings. The summed E-state index contributed by atoms with van der Waals surface area (Å²) in [6.45, 7) is 0.595. The van der Waals surface area contributed by atoms with Crippen molar-refractivity contribution in [2.75, 3.05) is 0 Å². The number of imidazole rings is 1. The normalized spacial score (nSPS) is 11.2. The molecule has 0 saturated carbocycles. The zero-order chi connectivity index (χ0) is 17.4. The van der Waals surface area contributed by atoms with Crippen molar-refractivity contribution < 1.29 is 0 Å². The molecule has 0 bridgehead atoms. The number of hydrogen-bond donors (Lipinski definition) is 0. The van der Waals surface area contributed by atoms with E-state index in [1.807, 2.05) is 48.5 Å². The maximum atomic E-state index is 6.30. The van der Waals surface area contributed by atoms with Crippen LogP contribution in [0.4, 0.5) is 0 Å². The molecule has 2 aromatic carbocycles. The molecule has 0 saturated heterocycles. The summed E-state index contributed by atoms with van der Waals surface area (Å²) < 4.78 is 2.11. The molecule has 6 heteroatoms. The SMILES string of the molecule is Clc1ccc(Cn2c(-c3cccnc3Cl)nc3ccccc32)cc1Cl. The number of para-hydroxylation sites is 2. The quantitative estimate of drug-likeness (QED) is 0.397. The summed E-state index contributed by atoms with van der Waals surface area (Å²) >= 11 is 18.5. The highest BCUT2D eigenvalue weighted by molar-refractivity contribution is 6.42. The van der Waals surface area contributed by atoms with Crippen LogP contribution in [0.15, 0.2) is 60.8 Å². The molecule has 0 radical (unpaired) electrons. The van der Waals surface area contributed by atoms with Gasteiger partial charge in [-0.25, -0.2) is 9.97 Å². The van der Waals surface area contributed by atoms with Crippen molar-refractivity contribution in [1.29, 1.82) is 0 Å². The van der Waals surface area contributed by atoms with Gasteiger partial charge in [-0.1, -0.05) is 53.0 Å². The van der Waals surface area contributed by atoms with E-state index < -0.39 is 0 Å². The Morgan fingerprint density at radius 2 is 1.72 bits per heavy atom. The number of hydrogen-bond acceptors (Lipinski definition) is 2. The second kappa shape index (κ2) is 6.68. The second-order valence-corrected chi connectivity index (χ2v) is 6.77. The molecule has 0 spiro atoms. The Balaban J connectivity index is 1.90. The Morgan fingerprint density at radius 1 is 0.880 bits per heavy atom. The molecule has 25 heavy (non-hydrogen) atoms. The fourth-order valence-corrected chi connectivity index (χ4v) is 3.34. The molecule has 0 atom stereocenters. The molecule has 0 N–H and O–H groups in total. The minimum absolute atomic E-state index is 0.424. The number of rotatable bonds is 3. The van der Waals surface area contributed by atoms with Crippen LogP contribution in [0.25, 0.3) is 22.4 Å². The molecular weight excluding hydrogens is 377 g/mol. The highest BCUT2D eigenvalue weighted by atomic mass is 35.5. The molecular formula is C19H12Cl3N3. The lowest BCUT2D eigenvalue weighted by atomic mass is 10.2. The Hall–Kier alpha value is -2.07. The van der Waals surface area contributed by atoms with E-state index >= 15 is 0 Å². The molecule has 0 unspecified atom stereocenters. The van der Waals surface area contributed by atoms with Crippen molar-refractivity contribution in [3.05, 3.63) is 81.6 Å². The van der Waals surface area contributed by atoms with Crippen molar-refractivity contribution in [2.45, 2.75) is 6.54 Å². The number of nitrogens with zero attached hydrogens (tertiary/aromatic N) is 3. The summed E-state index contributed by atoms with van der Waals surface area (Å²) in [5, 5.41) is 1.49. The second-order valence-electron chi connectivity index (χ2n) is 5.60. The lowest BCUT2D eigenvalue weighted by Crippen LogP contribution is -2.03. The number of aromatic nitrogens is 3. The van der Waals surface area contributed by atoms with E-state index in [4.69, 9.17) is 39.8 Å². The van der Waals surface area contributed by atoms with Gasteiger partial charge < -0.3 is 4.57 Å². The van der Waals surface area contributed by atoms with E-state index in [9.17, 15) is 0 Å². The summed E-state index contributed by atoms with van der Waals surface area (Å²) in [5.74, 6) is 0.769. The monoisotopic (exact) mass is 387 g/mol. The van der Waals surface area contributed by atoms with Gasteiger partial charge in [-0.3, -0.25) is 0 Å².